The smallest absolute Gasteiger partial charge is 0.326 e. The molecule has 1 aliphatic heterocycles. The van der Waals surface area contributed by atoms with E-state index in [9.17, 15) is 9.59 Å². The number of aromatic nitrogens is 2. The van der Waals surface area contributed by atoms with E-state index in [2.05, 4.69) is 10.3 Å². The van der Waals surface area contributed by atoms with Crippen LogP contribution in [-0.2, 0) is 11.3 Å². The van der Waals surface area contributed by atoms with Gasteiger partial charge in [-0.2, -0.15) is 0 Å². The summed E-state index contributed by atoms with van der Waals surface area (Å²) in [5.41, 5.74) is 3.53. The molecule has 2 heterocycles. The zero-order valence-electron chi connectivity index (χ0n) is 14.6. The Balaban J connectivity index is 1.48. The molecule has 0 bridgehead atoms. The van der Waals surface area contributed by atoms with E-state index in [1.165, 1.54) is 0 Å². The highest BCUT2D eigenvalue weighted by atomic mass is 16.2. The van der Waals surface area contributed by atoms with Gasteiger partial charge in [0.25, 0.3) is 0 Å². The number of carbonyl (C=O) groups is 1. The van der Waals surface area contributed by atoms with E-state index >= 15 is 0 Å². The minimum atomic E-state index is -0.107. The van der Waals surface area contributed by atoms with Crippen molar-refractivity contribution in [2.45, 2.75) is 25.8 Å². The molecule has 3 aromatic rings. The summed E-state index contributed by atoms with van der Waals surface area (Å²) >= 11 is 0. The lowest BCUT2D eigenvalue weighted by atomic mass is 10.2. The fourth-order valence-electron chi connectivity index (χ4n) is 3.51. The number of rotatable bonds is 6. The quantitative estimate of drug-likeness (QED) is 0.718. The first-order valence-electron chi connectivity index (χ1n) is 9.03. The Morgan fingerprint density at radius 3 is 2.62 bits per heavy atom. The summed E-state index contributed by atoms with van der Waals surface area (Å²) in [7, 11) is 0. The van der Waals surface area contributed by atoms with Gasteiger partial charge in [-0.3, -0.25) is 9.36 Å². The van der Waals surface area contributed by atoms with Gasteiger partial charge in [-0.05, 0) is 43.2 Å². The van der Waals surface area contributed by atoms with Crippen molar-refractivity contribution < 1.29 is 4.79 Å². The number of aromatic amines is 1. The Bertz CT molecular complexity index is 974. The van der Waals surface area contributed by atoms with E-state index in [0.29, 0.717) is 19.5 Å². The molecule has 6 heteroatoms. The largest absolute Gasteiger partial charge is 0.355 e. The van der Waals surface area contributed by atoms with Crippen LogP contribution in [-0.4, -0.2) is 33.4 Å². The van der Waals surface area contributed by atoms with Crippen molar-refractivity contribution in [1.29, 1.82) is 0 Å². The highest BCUT2D eigenvalue weighted by Gasteiger charge is 2.19. The van der Waals surface area contributed by atoms with Crippen molar-refractivity contribution in [1.82, 2.24) is 14.5 Å². The third-order valence-corrected chi connectivity index (χ3v) is 4.82. The molecule has 0 spiro atoms. The molecule has 2 aromatic carbocycles. The Morgan fingerprint density at radius 1 is 1.00 bits per heavy atom. The number of imidazole rings is 1. The van der Waals surface area contributed by atoms with Crippen LogP contribution in [0.3, 0.4) is 0 Å². The van der Waals surface area contributed by atoms with Crippen molar-refractivity contribution in [2.24, 2.45) is 0 Å². The number of fused-ring (bicyclic) bond motifs is 1. The number of H-pyrrole nitrogens is 1. The molecule has 1 fully saturated rings. The Labute approximate surface area is 151 Å². The number of anilines is 2. The summed E-state index contributed by atoms with van der Waals surface area (Å²) in [5.74, 6) is 0.230. The van der Waals surface area contributed by atoms with Gasteiger partial charge in [0.1, 0.15) is 0 Å². The maximum atomic E-state index is 12.3. The first-order valence-corrected chi connectivity index (χ1v) is 9.03. The molecule has 134 valence electrons. The minimum absolute atomic E-state index is 0.107. The molecule has 26 heavy (non-hydrogen) atoms. The van der Waals surface area contributed by atoms with Crippen LogP contribution in [0.25, 0.3) is 11.0 Å². The van der Waals surface area contributed by atoms with E-state index in [-0.39, 0.29) is 11.6 Å². The van der Waals surface area contributed by atoms with Crippen molar-refractivity contribution >= 4 is 28.3 Å². The highest BCUT2D eigenvalue weighted by Crippen LogP contribution is 2.21. The van der Waals surface area contributed by atoms with Crippen molar-refractivity contribution in [3.63, 3.8) is 0 Å². The maximum Gasteiger partial charge on any atom is 0.326 e. The van der Waals surface area contributed by atoms with Crippen LogP contribution < -0.4 is 11.0 Å². The van der Waals surface area contributed by atoms with Gasteiger partial charge in [0.15, 0.2) is 0 Å². The number of hydrogen-bond donors (Lipinski definition) is 2. The Morgan fingerprint density at radius 2 is 1.85 bits per heavy atom. The highest BCUT2D eigenvalue weighted by molar-refractivity contribution is 5.81. The summed E-state index contributed by atoms with van der Waals surface area (Å²) < 4.78 is 1.75. The topological polar surface area (TPSA) is 70.1 Å². The van der Waals surface area contributed by atoms with Crippen LogP contribution in [0, 0.1) is 0 Å². The predicted octanol–water partition coefficient (Wildman–Crippen LogP) is 3.09. The number of carbonyl (C=O) groups excluding carboxylic acids is 1. The Hall–Kier alpha value is -3.02. The van der Waals surface area contributed by atoms with E-state index in [4.69, 9.17) is 0 Å². The molecular weight excluding hydrogens is 328 g/mol. The van der Waals surface area contributed by atoms with E-state index in [0.717, 1.165) is 41.8 Å². The SMILES string of the molecule is O=C1CCCN1CCCn1c(=O)[nH]c2cc(Nc3ccccc3)ccc21. The van der Waals surface area contributed by atoms with E-state index in [1.807, 2.05) is 53.4 Å². The summed E-state index contributed by atoms with van der Waals surface area (Å²) in [4.78, 5) is 28.8. The molecule has 0 unspecified atom stereocenters. The van der Waals surface area contributed by atoms with Crippen LogP contribution in [0.5, 0.6) is 0 Å². The van der Waals surface area contributed by atoms with Crippen LogP contribution in [0.1, 0.15) is 19.3 Å². The average Bonchev–Trinajstić information content (AvgIpc) is 3.19. The standard InChI is InChI=1S/C20H22N4O2/c25-19-8-4-11-23(19)12-5-13-24-18-10-9-16(14-17(18)22-20(24)26)21-15-6-2-1-3-7-15/h1-3,6-7,9-10,14,21H,4-5,8,11-13H2,(H,22,26). The number of aryl methyl sites for hydroxylation is 1. The molecule has 1 amide bonds. The summed E-state index contributed by atoms with van der Waals surface area (Å²) in [6.07, 6.45) is 2.38. The lowest BCUT2D eigenvalue weighted by Gasteiger charge is -2.15. The zero-order chi connectivity index (χ0) is 17.9. The van der Waals surface area contributed by atoms with Crippen molar-refractivity contribution in [3.8, 4) is 0 Å². The molecule has 1 saturated heterocycles. The molecule has 0 saturated carbocycles. The van der Waals surface area contributed by atoms with Gasteiger partial charge in [0.2, 0.25) is 5.91 Å². The van der Waals surface area contributed by atoms with Gasteiger partial charge in [-0.15, -0.1) is 0 Å². The van der Waals surface area contributed by atoms with Crippen molar-refractivity contribution in [2.75, 3.05) is 18.4 Å². The minimum Gasteiger partial charge on any atom is -0.355 e. The fraction of sp³-hybridized carbons (Fsp3) is 0.300. The Kier molecular flexibility index (Phi) is 4.48. The molecule has 0 radical (unpaired) electrons. The van der Waals surface area contributed by atoms with Gasteiger partial charge < -0.3 is 15.2 Å². The van der Waals surface area contributed by atoms with Crippen LogP contribution >= 0.6 is 0 Å². The van der Waals surface area contributed by atoms with Crippen LogP contribution in [0.4, 0.5) is 11.4 Å². The number of nitrogens with zero attached hydrogens (tertiary/aromatic N) is 2. The molecule has 0 atom stereocenters. The molecule has 0 aliphatic carbocycles. The normalized spacial score (nSPS) is 14.3. The maximum absolute atomic E-state index is 12.3. The third kappa shape index (κ3) is 3.35. The number of hydrogen-bond acceptors (Lipinski definition) is 3. The summed E-state index contributed by atoms with van der Waals surface area (Å²) in [6.45, 7) is 2.16. The number of nitrogens with one attached hydrogen (secondary N) is 2. The second kappa shape index (κ2) is 7.07. The first-order chi connectivity index (χ1) is 12.7. The third-order valence-electron chi connectivity index (χ3n) is 4.82. The molecule has 1 aromatic heterocycles. The molecule has 1 aliphatic rings. The molecule has 2 N–H and O–H groups in total. The van der Waals surface area contributed by atoms with Crippen molar-refractivity contribution in [3.05, 3.63) is 59.0 Å². The monoisotopic (exact) mass is 350 g/mol. The van der Waals surface area contributed by atoms with E-state index in [1.54, 1.807) is 4.57 Å². The number of likely N-dealkylation sites (tertiary alicyclic amines) is 1. The van der Waals surface area contributed by atoms with Crippen LogP contribution in [0.15, 0.2) is 53.3 Å². The number of para-hydroxylation sites is 1. The van der Waals surface area contributed by atoms with E-state index < -0.39 is 0 Å². The second-order valence-electron chi connectivity index (χ2n) is 6.64. The summed E-state index contributed by atoms with van der Waals surface area (Å²) in [5, 5.41) is 3.33. The predicted molar refractivity (Wildman–Crippen MR) is 103 cm³/mol. The van der Waals surface area contributed by atoms with Gasteiger partial charge >= 0.3 is 5.69 Å². The summed E-state index contributed by atoms with van der Waals surface area (Å²) in [6, 6.07) is 15.8. The number of amides is 1. The second-order valence-corrected chi connectivity index (χ2v) is 6.64. The van der Waals surface area contributed by atoms with Crippen LogP contribution in [0.2, 0.25) is 0 Å². The lowest BCUT2D eigenvalue weighted by molar-refractivity contribution is -0.127. The van der Waals surface area contributed by atoms with Gasteiger partial charge in [-0.25, -0.2) is 4.79 Å². The molecule has 4 rings (SSSR count). The molecular formula is C20H22N4O2. The zero-order valence-corrected chi connectivity index (χ0v) is 14.6. The van der Waals surface area contributed by atoms with Gasteiger partial charge in [0, 0.05) is 37.4 Å². The van der Waals surface area contributed by atoms with Gasteiger partial charge in [-0.1, -0.05) is 18.2 Å². The lowest BCUT2D eigenvalue weighted by Crippen LogP contribution is -2.27. The fourth-order valence-corrected chi connectivity index (χ4v) is 3.51. The average molecular weight is 350 g/mol. The van der Waals surface area contributed by atoms with Gasteiger partial charge in [0.05, 0.1) is 11.0 Å². The molecule has 6 nitrogen and oxygen atoms in total. The number of benzene rings is 2. The first kappa shape index (κ1) is 16.4.